The molecule has 4 heteroatoms. The van der Waals surface area contributed by atoms with Gasteiger partial charge in [0.15, 0.2) is 0 Å². The van der Waals surface area contributed by atoms with E-state index >= 15 is 0 Å². The third-order valence-electron chi connectivity index (χ3n) is 4.25. The van der Waals surface area contributed by atoms with Crippen LogP contribution in [0, 0.1) is 0 Å². The maximum atomic E-state index is 9.29. The molecular weight excluding hydrogens is 256 g/mol. The first kappa shape index (κ1) is 15.0. The molecule has 1 aromatic rings. The zero-order chi connectivity index (χ0) is 13.7. The van der Waals surface area contributed by atoms with Crippen LogP contribution >= 0.6 is 11.3 Å². The van der Waals surface area contributed by atoms with Crippen molar-refractivity contribution in [1.29, 1.82) is 0 Å². The smallest absolute Gasteiger partial charge is 0.0510 e. The van der Waals surface area contributed by atoms with Crippen LogP contribution in [0.2, 0.25) is 0 Å². The molecule has 1 aliphatic heterocycles. The normalized spacial score (nSPS) is 24.3. The Morgan fingerprint density at radius 1 is 1.53 bits per heavy atom. The number of thiophene rings is 1. The summed E-state index contributed by atoms with van der Waals surface area (Å²) < 4.78 is 0. The predicted octanol–water partition coefficient (Wildman–Crippen LogP) is 2.76. The molecule has 108 valence electrons. The zero-order valence-electron chi connectivity index (χ0n) is 11.8. The van der Waals surface area contributed by atoms with Gasteiger partial charge in [-0.05, 0) is 54.6 Å². The lowest BCUT2D eigenvalue weighted by Crippen LogP contribution is -2.48. The lowest BCUT2D eigenvalue weighted by Gasteiger charge is -2.43. The summed E-state index contributed by atoms with van der Waals surface area (Å²) in [6, 6.07) is 3.18. The van der Waals surface area contributed by atoms with Gasteiger partial charge in [0.2, 0.25) is 0 Å². The molecule has 0 aromatic carbocycles. The van der Waals surface area contributed by atoms with Crippen molar-refractivity contribution >= 4 is 11.3 Å². The molecule has 1 aliphatic rings. The Balaban J connectivity index is 2.20. The molecule has 2 rings (SSSR count). The molecule has 19 heavy (non-hydrogen) atoms. The van der Waals surface area contributed by atoms with Gasteiger partial charge in [-0.25, -0.2) is 0 Å². The molecule has 3 nitrogen and oxygen atoms in total. The van der Waals surface area contributed by atoms with Gasteiger partial charge in [-0.1, -0.05) is 13.3 Å². The van der Waals surface area contributed by atoms with E-state index in [0.717, 1.165) is 19.4 Å². The molecule has 0 saturated carbocycles. The number of nitrogens with zero attached hydrogens (tertiary/aromatic N) is 1. The SMILES string of the molecule is CCC(N)C(c1ccsc1)N1CCCCC1CCO. The molecule has 3 atom stereocenters. The predicted molar refractivity (Wildman–Crippen MR) is 81.4 cm³/mol. The molecule has 0 aliphatic carbocycles. The summed E-state index contributed by atoms with van der Waals surface area (Å²) in [5, 5.41) is 13.7. The number of aliphatic hydroxyl groups excluding tert-OH is 1. The fourth-order valence-electron chi connectivity index (χ4n) is 3.20. The Kier molecular flexibility index (Phi) is 5.82. The second kappa shape index (κ2) is 7.39. The van der Waals surface area contributed by atoms with Crippen LogP contribution in [0.5, 0.6) is 0 Å². The van der Waals surface area contributed by atoms with E-state index in [1.807, 2.05) is 0 Å². The number of hydrogen-bond donors (Lipinski definition) is 2. The third kappa shape index (κ3) is 3.57. The number of nitrogens with two attached hydrogens (primary N) is 1. The van der Waals surface area contributed by atoms with Gasteiger partial charge in [-0.2, -0.15) is 11.3 Å². The average Bonchev–Trinajstić information content (AvgIpc) is 2.95. The maximum Gasteiger partial charge on any atom is 0.0510 e. The van der Waals surface area contributed by atoms with E-state index < -0.39 is 0 Å². The molecule has 3 N–H and O–H groups in total. The molecule has 0 bridgehead atoms. The van der Waals surface area contributed by atoms with Gasteiger partial charge in [0.05, 0.1) is 6.04 Å². The van der Waals surface area contributed by atoms with Crippen molar-refractivity contribution in [2.75, 3.05) is 13.2 Å². The summed E-state index contributed by atoms with van der Waals surface area (Å²) >= 11 is 1.74. The first-order valence-corrected chi connectivity index (χ1v) is 8.36. The van der Waals surface area contributed by atoms with Crippen LogP contribution in [0.15, 0.2) is 16.8 Å². The summed E-state index contributed by atoms with van der Waals surface area (Å²) in [4.78, 5) is 2.55. The fourth-order valence-corrected chi connectivity index (χ4v) is 3.89. The lowest BCUT2D eigenvalue weighted by molar-refractivity contribution is 0.0621. The van der Waals surface area contributed by atoms with E-state index in [4.69, 9.17) is 5.73 Å². The van der Waals surface area contributed by atoms with Crippen LogP contribution in [-0.2, 0) is 0 Å². The van der Waals surface area contributed by atoms with Crippen molar-refractivity contribution in [3.63, 3.8) is 0 Å². The molecule has 0 amide bonds. The summed E-state index contributed by atoms with van der Waals surface area (Å²) in [6.45, 7) is 3.55. The Morgan fingerprint density at radius 3 is 3.00 bits per heavy atom. The van der Waals surface area contributed by atoms with Crippen LogP contribution in [0.25, 0.3) is 0 Å². The van der Waals surface area contributed by atoms with Crippen molar-refractivity contribution in [1.82, 2.24) is 4.90 Å². The van der Waals surface area contributed by atoms with Gasteiger partial charge in [-0.15, -0.1) is 0 Å². The van der Waals surface area contributed by atoms with E-state index in [0.29, 0.717) is 12.1 Å². The van der Waals surface area contributed by atoms with Gasteiger partial charge in [0.1, 0.15) is 0 Å². The average molecular weight is 282 g/mol. The molecule has 3 unspecified atom stereocenters. The topological polar surface area (TPSA) is 49.5 Å². The third-order valence-corrected chi connectivity index (χ3v) is 4.96. The van der Waals surface area contributed by atoms with Crippen molar-refractivity contribution in [2.24, 2.45) is 5.73 Å². The monoisotopic (exact) mass is 282 g/mol. The highest BCUT2D eigenvalue weighted by atomic mass is 32.1. The summed E-state index contributed by atoms with van der Waals surface area (Å²) in [5.74, 6) is 0. The van der Waals surface area contributed by atoms with Gasteiger partial charge in [0.25, 0.3) is 0 Å². The molecule has 1 fully saturated rings. The first-order valence-electron chi connectivity index (χ1n) is 7.42. The van der Waals surface area contributed by atoms with E-state index in [9.17, 15) is 5.11 Å². The number of aliphatic hydroxyl groups is 1. The van der Waals surface area contributed by atoms with E-state index in [-0.39, 0.29) is 12.6 Å². The number of hydrogen-bond acceptors (Lipinski definition) is 4. The fraction of sp³-hybridized carbons (Fsp3) is 0.733. The summed E-state index contributed by atoms with van der Waals surface area (Å²) in [5.41, 5.74) is 7.75. The highest BCUT2D eigenvalue weighted by Gasteiger charge is 2.32. The van der Waals surface area contributed by atoms with Gasteiger partial charge < -0.3 is 10.8 Å². The largest absolute Gasteiger partial charge is 0.396 e. The standard InChI is InChI=1S/C15H26N2OS/c1-2-14(16)15(12-7-10-19-11-12)17-8-4-3-5-13(17)6-9-18/h7,10-11,13-15,18H,2-6,8-9,16H2,1H3. The summed E-state index contributed by atoms with van der Waals surface area (Å²) in [6.07, 6.45) is 5.58. The van der Waals surface area contributed by atoms with Gasteiger partial charge in [0, 0.05) is 18.7 Å². The Labute approximate surface area is 120 Å². The maximum absolute atomic E-state index is 9.29. The molecule has 1 aromatic heterocycles. The van der Waals surface area contributed by atoms with Crippen molar-refractivity contribution in [2.45, 2.75) is 57.2 Å². The molecular formula is C15H26N2OS. The van der Waals surface area contributed by atoms with Crippen molar-refractivity contribution in [3.05, 3.63) is 22.4 Å². The second-order valence-electron chi connectivity index (χ2n) is 5.47. The quantitative estimate of drug-likeness (QED) is 0.843. The van der Waals surface area contributed by atoms with E-state index in [1.165, 1.54) is 24.8 Å². The van der Waals surface area contributed by atoms with Crippen LogP contribution in [0.4, 0.5) is 0 Å². The van der Waals surface area contributed by atoms with Crippen molar-refractivity contribution in [3.8, 4) is 0 Å². The second-order valence-corrected chi connectivity index (χ2v) is 6.25. The minimum absolute atomic E-state index is 0.175. The Hall–Kier alpha value is -0.420. The van der Waals surface area contributed by atoms with Crippen LogP contribution in [-0.4, -0.2) is 35.2 Å². The van der Waals surface area contributed by atoms with Crippen LogP contribution in [0.3, 0.4) is 0 Å². The van der Waals surface area contributed by atoms with E-state index in [2.05, 4.69) is 28.7 Å². The van der Waals surface area contributed by atoms with Gasteiger partial charge in [-0.3, -0.25) is 4.90 Å². The summed E-state index contributed by atoms with van der Waals surface area (Å²) in [7, 11) is 0. The Bertz CT molecular complexity index is 353. The molecule has 0 radical (unpaired) electrons. The number of rotatable bonds is 6. The van der Waals surface area contributed by atoms with E-state index in [1.54, 1.807) is 11.3 Å². The highest BCUT2D eigenvalue weighted by molar-refractivity contribution is 7.07. The lowest BCUT2D eigenvalue weighted by atomic mass is 9.91. The number of piperidine rings is 1. The first-order chi connectivity index (χ1) is 9.27. The minimum Gasteiger partial charge on any atom is -0.396 e. The number of likely N-dealkylation sites (tertiary alicyclic amines) is 1. The van der Waals surface area contributed by atoms with Gasteiger partial charge >= 0.3 is 0 Å². The minimum atomic E-state index is 0.175. The Morgan fingerprint density at radius 2 is 2.37 bits per heavy atom. The molecule has 1 saturated heterocycles. The van der Waals surface area contributed by atoms with Crippen LogP contribution < -0.4 is 5.73 Å². The van der Waals surface area contributed by atoms with Crippen molar-refractivity contribution < 1.29 is 5.11 Å². The molecule has 0 spiro atoms. The molecule has 2 heterocycles. The zero-order valence-corrected chi connectivity index (χ0v) is 12.6. The van der Waals surface area contributed by atoms with Crippen LogP contribution in [0.1, 0.15) is 50.6 Å². The highest BCUT2D eigenvalue weighted by Crippen LogP contribution is 2.33.